The molecule has 6 heteroatoms. The van der Waals surface area contributed by atoms with Crippen LogP contribution in [0.1, 0.15) is 38.5 Å². The highest BCUT2D eigenvalue weighted by atomic mass is 16.5. The largest absolute Gasteiger partial charge is 0.454 e. The molecule has 1 aliphatic carbocycles. The fourth-order valence-corrected chi connectivity index (χ4v) is 4.04. The molecule has 156 valence electrons. The number of nitrogens with one attached hydrogen (secondary N) is 1. The van der Waals surface area contributed by atoms with Crippen molar-refractivity contribution in [1.29, 1.82) is 0 Å². The number of piperidine rings is 1. The number of nitrogens with zero attached hydrogens (tertiary/aromatic N) is 2. The molecule has 1 aromatic heterocycles. The van der Waals surface area contributed by atoms with Gasteiger partial charge in [-0.2, -0.15) is 0 Å². The number of ether oxygens (including phenoxy) is 1. The van der Waals surface area contributed by atoms with Crippen LogP contribution in [-0.4, -0.2) is 34.8 Å². The van der Waals surface area contributed by atoms with Crippen molar-refractivity contribution < 1.29 is 14.3 Å². The normalized spacial score (nSPS) is 19.0. The summed E-state index contributed by atoms with van der Waals surface area (Å²) in [5.74, 6) is 0.975. The van der Waals surface area contributed by atoms with Gasteiger partial charge in [0.15, 0.2) is 5.75 Å². The summed E-state index contributed by atoms with van der Waals surface area (Å²) in [6.07, 6.45) is 11.1. The van der Waals surface area contributed by atoms with Crippen molar-refractivity contribution in [1.82, 2.24) is 9.88 Å². The van der Waals surface area contributed by atoms with Crippen molar-refractivity contribution in [2.75, 3.05) is 18.4 Å². The Morgan fingerprint density at radius 3 is 2.80 bits per heavy atom. The first-order valence-corrected chi connectivity index (χ1v) is 10.7. The van der Waals surface area contributed by atoms with Gasteiger partial charge in [0, 0.05) is 24.9 Å². The average Bonchev–Trinajstić information content (AvgIpc) is 2.81. The third-order valence-corrected chi connectivity index (χ3v) is 5.65. The van der Waals surface area contributed by atoms with Crippen molar-refractivity contribution in [2.24, 2.45) is 5.92 Å². The number of amides is 2. The number of anilines is 1. The highest BCUT2D eigenvalue weighted by molar-refractivity contribution is 5.96. The molecule has 2 aliphatic rings. The van der Waals surface area contributed by atoms with Gasteiger partial charge in [-0.15, -0.1) is 0 Å². The monoisotopic (exact) mass is 405 g/mol. The van der Waals surface area contributed by atoms with Gasteiger partial charge in [-0.1, -0.05) is 18.2 Å². The number of carbonyl (C=O) groups excluding carboxylic acids is 2. The van der Waals surface area contributed by atoms with Gasteiger partial charge >= 0.3 is 0 Å². The van der Waals surface area contributed by atoms with Crippen LogP contribution in [0.25, 0.3) is 0 Å². The molecule has 1 unspecified atom stereocenters. The summed E-state index contributed by atoms with van der Waals surface area (Å²) in [4.78, 5) is 31.7. The number of para-hydroxylation sites is 2. The summed E-state index contributed by atoms with van der Waals surface area (Å²) >= 11 is 0. The SMILES string of the molecule is O=C(Nc1ccccc1Oc1cccnc1)C1CCCN(C(=O)C2=CCCCC2)C1. The fraction of sp³-hybridized carbons (Fsp3) is 0.375. The first-order chi connectivity index (χ1) is 14.7. The van der Waals surface area contributed by atoms with Crippen LogP contribution >= 0.6 is 0 Å². The molecular formula is C24H27N3O3. The molecule has 0 bridgehead atoms. The molecule has 1 aliphatic heterocycles. The molecule has 1 atom stereocenters. The predicted octanol–water partition coefficient (Wildman–Crippen LogP) is 4.55. The van der Waals surface area contributed by atoms with Gasteiger partial charge in [0.25, 0.3) is 0 Å². The van der Waals surface area contributed by atoms with Crippen LogP contribution < -0.4 is 10.1 Å². The van der Waals surface area contributed by atoms with Gasteiger partial charge in [-0.3, -0.25) is 14.6 Å². The number of aromatic nitrogens is 1. The molecule has 1 saturated heterocycles. The number of allylic oxidation sites excluding steroid dienone is 1. The zero-order valence-electron chi connectivity index (χ0n) is 17.0. The number of hydrogen-bond acceptors (Lipinski definition) is 4. The van der Waals surface area contributed by atoms with Crippen LogP contribution in [-0.2, 0) is 9.59 Å². The molecule has 4 rings (SSSR count). The number of likely N-dealkylation sites (tertiary alicyclic amines) is 1. The summed E-state index contributed by atoms with van der Waals surface area (Å²) in [5, 5.41) is 3.00. The molecule has 6 nitrogen and oxygen atoms in total. The second-order valence-electron chi connectivity index (χ2n) is 7.84. The molecule has 1 N–H and O–H groups in total. The van der Waals surface area contributed by atoms with E-state index in [9.17, 15) is 9.59 Å². The number of carbonyl (C=O) groups is 2. The second kappa shape index (κ2) is 9.57. The molecule has 0 radical (unpaired) electrons. The Hall–Kier alpha value is -3.15. The van der Waals surface area contributed by atoms with Crippen LogP contribution in [0.5, 0.6) is 11.5 Å². The van der Waals surface area contributed by atoms with Gasteiger partial charge in [0.2, 0.25) is 11.8 Å². The molecule has 30 heavy (non-hydrogen) atoms. The van der Waals surface area contributed by atoms with E-state index < -0.39 is 0 Å². The minimum Gasteiger partial charge on any atom is -0.454 e. The van der Waals surface area contributed by atoms with Crippen molar-refractivity contribution in [2.45, 2.75) is 38.5 Å². The van der Waals surface area contributed by atoms with E-state index in [0.29, 0.717) is 23.7 Å². The van der Waals surface area contributed by atoms with Crippen molar-refractivity contribution in [3.63, 3.8) is 0 Å². The van der Waals surface area contributed by atoms with E-state index in [1.807, 2.05) is 35.2 Å². The maximum absolute atomic E-state index is 13.0. The van der Waals surface area contributed by atoms with E-state index in [0.717, 1.165) is 50.6 Å². The molecule has 1 fully saturated rings. The third-order valence-electron chi connectivity index (χ3n) is 5.65. The van der Waals surface area contributed by atoms with E-state index in [-0.39, 0.29) is 17.7 Å². The van der Waals surface area contributed by atoms with Crippen molar-refractivity contribution >= 4 is 17.5 Å². The molecule has 2 aromatic rings. The Morgan fingerprint density at radius 1 is 1.10 bits per heavy atom. The third kappa shape index (κ3) is 4.87. The number of benzene rings is 1. The molecule has 0 spiro atoms. The van der Waals surface area contributed by atoms with Crippen LogP contribution in [0.2, 0.25) is 0 Å². The van der Waals surface area contributed by atoms with Gasteiger partial charge in [-0.25, -0.2) is 0 Å². The van der Waals surface area contributed by atoms with E-state index in [4.69, 9.17) is 4.74 Å². The fourth-order valence-electron chi connectivity index (χ4n) is 4.04. The van der Waals surface area contributed by atoms with Gasteiger partial charge in [0.1, 0.15) is 5.75 Å². The minimum absolute atomic E-state index is 0.0765. The number of hydrogen-bond donors (Lipinski definition) is 1. The minimum atomic E-state index is -0.224. The Bertz CT molecular complexity index is 926. The van der Waals surface area contributed by atoms with E-state index >= 15 is 0 Å². The maximum atomic E-state index is 13.0. The first-order valence-electron chi connectivity index (χ1n) is 10.7. The summed E-state index contributed by atoms with van der Waals surface area (Å²) < 4.78 is 5.89. The van der Waals surface area contributed by atoms with Gasteiger partial charge in [-0.05, 0) is 62.8 Å². The lowest BCUT2D eigenvalue weighted by Gasteiger charge is -2.33. The molecule has 1 aromatic carbocycles. The van der Waals surface area contributed by atoms with Gasteiger partial charge < -0.3 is 15.0 Å². The van der Waals surface area contributed by atoms with Crippen molar-refractivity contribution in [3.8, 4) is 11.5 Å². The van der Waals surface area contributed by atoms with Crippen LogP contribution in [0, 0.1) is 5.92 Å². The highest BCUT2D eigenvalue weighted by Gasteiger charge is 2.30. The molecular weight excluding hydrogens is 378 g/mol. The van der Waals surface area contributed by atoms with Crippen LogP contribution in [0.4, 0.5) is 5.69 Å². The second-order valence-corrected chi connectivity index (χ2v) is 7.84. The Balaban J connectivity index is 1.41. The summed E-state index contributed by atoms with van der Waals surface area (Å²) in [7, 11) is 0. The maximum Gasteiger partial charge on any atom is 0.249 e. The molecule has 2 amide bonds. The number of rotatable bonds is 5. The quantitative estimate of drug-likeness (QED) is 0.792. The lowest BCUT2D eigenvalue weighted by molar-refractivity contribution is -0.131. The topological polar surface area (TPSA) is 71.5 Å². The van der Waals surface area contributed by atoms with Crippen LogP contribution in [0.3, 0.4) is 0 Å². The van der Waals surface area contributed by atoms with Crippen molar-refractivity contribution in [3.05, 3.63) is 60.4 Å². The average molecular weight is 405 g/mol. The zero-order chi connectivity index (χ0) is 20.8. The van der Waals surface area contributed by atoms with E-state index in [1.165, 1.54) is 0 Å². The van der Waals surface area contributed by atoms with E-state index in [2.05, 4.69) is 16.4 Å². The first kappa shape index (κ1) is 20.1. The summed E-state index contributed by atoms with van der Waals surface area (Å²) in [6.45, 7) is 1.19. The van der Waals surface area contributed by atoms with Crippen LogP contribution in [0.15, 0.2) is 60.4 Å². The number of pyridine rings is 1. The standard InChI is InChI=1S/C24H27N3O3/c28-23(19-10-7-15-27(17-19)24(29)18-8-2-1-3-9-18)26-21-12-4-5-13-22(21)30-20-11-6-14-25-16-20/h4-6,8,11-14,16,19H,1-3,7,9-10,15,17H2,(H,26,28). The summed E-state index contributed by atoms with van der Waals surface area (Å²) in [6, 6.07) is 11.0. The van der Waals surface area contributed by atoms with Gasteiger partial charge in [0.05, 0.1) is 17.8 Å². The lowest BCUT2D eigenvalue weighted by atomic mass is 9.94. The van der Waals surface area contributed by atoms with E-state index in [1.54, 1.807) is 18.5 Å². The Labute approximate surface area is 176 Å². The zero-order valence-corrected chi connectivity index (χ0v) is 17.0. The summed E-state index contributed by atoms with van der Waals surface area (Å²) in [5.41, 5.74) is 1.53. The predicted molar refractivity (Wildman–Crippen MR) is 115 cm³/mol. The molecule has 2 heterocycles. The highest BCUT2D eigenvalue weighted by Crippen LogP contribution is 2.30. The molecule has 0 saturated carbocycles. The Kier molecular flexibility index (Phi) is 6.42. The smallest absolute Gasteiger partial charge is 0.249 e. The lowest BCUT2D eigenvalue weighted by Crippen LogP contribution is -2.44. The Morgan fingerprint density at radius 2 is 2.00 bits per heavy atom.